The molecule has 0 unspecified atom stereocenters. The molecule has 0 aromatic carbocycles. The van der Waals surface area contributed by atoms with Gasteiger partial charge in [0.15, 0.2) is 0 Å². The van der Waals surface area contributed by atoms with E-state index in [1.54, 1.807) is 11.8 Å². The van der Waals surface area contributed by atoms with Gasteiger partial charge in [-0.05, 0) is 42.4 Å². The molecule has 7 nitrogen and oxygen atoms in total. The van der Waals surface area contributed by atoms with Crippen molar-refractivity contribution in [3.63, 3.8) is 0 Å². The number of anilines is 1. The van der Waals surface area contributed by atoms with Crippen LogP contribution in [0.5, 0.6) is 0 Å². The molecule has 28 heavy (non-hydrogen) atoms. The number of carbonyl (C=O) groups excluding carboxylic acids is 2. The summed E-state index contributed by atoms with van der Waals surface area (Å²) in [5.74, 6) is 1.73. The molecule has 2 rings (SSSR count). The molecule has 0 spiro atoms. The number of thioether (sulfide) groups is 1. The summed E-state index contributed by atoms with van der Waals surface area (Å²) in [4.78, 5) is 31.9. The number of hydrogen-bond acceptors (Lipinski definition) is 5. The number of rotatable bonds is 8. The van der Waals surface area contributed by atoms with Crippen molar-refractivity contribution in [2.75, 3.05) is 50.0 Å². The lowest BCUT2D eigenvalue weighted by molar-refractivity contribution is 0.0734. The predicted molar refractivity (Wildman–Crippen MR) is 116 cm³/mol. The lowest BCUT2D eigenvalue weighted by Gasteiger charge is -2.28. The van der Waals surface area contributed by atoms with Gasteiger partial charge in [-0.3, -0.25) is 10.1 Å². The Morgan fingerprint density at radius 2 is 2.04 bits per heavy atom. The van der Waals surface area contributed by atoms with Crippen molar-refractivity contribution in [1.82, 2.24) is 20.5 Å². The molecule has 1 aromatic heterocycles. The normalized spacial score (nSPS) is 14.2. The third kappa shape index (κ3) is 6.10. The molecule has 8 heteroatoms. The molecule has 156 valence electrons. The van der Waals surface area contributed by atoms with E-state index in [0.717, 1.165) is 36.5 Å². The third-order valence-electron chi connectivity index (χ3n) is 4.77. The summed E-state index contributed by atoms with van der Waals surface area (Å²) in [7, 11) is 0. The van der Waals surface area contributed by atoms with Gasteiger partial charge in [-0.15, -0.1) is 0 Å². The third-order valence-corrected chi connectivity index (χ3v) is 5.46. The van der Waals surface area contributed by atoms with E-state index in [1.807, 2.05) is 31.7 Å². The number of nitrogens with one attached hydrogen (secondary N) is 3. The topological polar surface area (TPSA) is 86.4 Å². The first kappa shape index (κ1) is 22.5. The van der Waals surface area contributed by atoms with E-state index in [1.165, 1.54) is 0 Å². The summed E-state index contributed by atoms with van der Waals surface area (Å²) in [5.41, 5.74) is 2.26. The fourth-order valence-corrected chi connectivity index (χ4v) is 3.60. The zero-order valence-electron chi connectivity index (χ0n) is 17.4. The minimum absolute atomic E-state index is 0.0285. The predicted octanol–water partition coefficient (Wildman–Crippen LogP) is 2.69. The fraction of sp³-hybridized carbons (Fsp3) is 0.650. The number of aryl methyl sites for hydroxylation is 1. The lowest BCUT2D eigenvalue weighted by Crippen LogP contribution is -2.46. The maximum atomic E-state index is 13.0. The van der Waals surface area contributed by atoms with Gasteiger partial charge < -0.3 is 15.5 Å². The summed E-state index contributed by atoms with van der Waals surface area (Å²) in [6, 6.07) is 1.67. The molecule has 0 saturated carbocycles. The molecule has 1 aliphatic heterocycles. The molecule has 0 aliphatic carbocycles. The van der Waals surface area contributed by atoms with Crippen molar-refractivity contribution in [2.45, 2.75) is 39.5 Å². The van der Waals surface area contributed by atoms with Gasteiger partial charge in [0.1, 0.15) is 5.82 Å². The van der Waals surface area contributed by atoms with Crippen LogP contribution in [-0.4, -0.2) is 66.6 Å². The van der Waals surface area contributed by atoms with Crippen LogP contribution in [0.25, 0.3) is 0 Å². The summed E-state index contributed by atoms with van der Waals surface area (Å²) >= 11 is 1.76. The number of amides is 3. The van der Waals surface area contributed by atoms with E-state index in [2.05, 4.69) is 27.2 Å². The number of nitrogens with zero attached hydrogens (tertiary/aromatic N) is 2. The van der Waals surface area contributed by atoms with Gasteiger partial charge in [0, 0.05) is 32.7 Å². The highest BCUT2D eigenvalue weighted by atomic mass is 32.2. The van der Waals surface area contributed by atoms with E-state index < -0.39 is 0 Å². The largest absolute Gasteiger partial charge is 0.338 e. The van der Waals surface area contributed by atoms with Gasteiger partial charge in [-0.25, -0.2) is 9.78 Å². The minimum Gasteiger partial charge on any atom is -0.338 e. The van der Waals surface area contributed by atoms with Crippen LogP contribution in [0.3, 0.4) is 0 Å². The molecule has 1 saturated heterocycles. The summed E-state index contributed by atoms with van der Waals surface area (Å²) in [6.45, 7) is 9.74. The molecular formula is C20H33N5O2S. The molecule has 3 amide bonds. The Hall–Kier alpha value is -1.80. The molecule has 1 fully saturated rings. The molecule has 1 aliphatic rings. The fourth-order valence-electron chi connectivity index (χ4n) is 3.17. The monoisotopic (exact) mass is 407 g/mol. The van der Waals surface area contributed by atoms with E-state index >= 15 is 0 Å². The van der Waals surface area contributed by atoms with Gasteiger partial charge >= 0.3 is 6.03 Å². The summed E-state index contributed by atoms with van der Waals surface area (Å²) in [5, 5.41) is 9.03. The van der Waals surface area contributed by atoms with E-state index in [-0.39, 0.29) is 17.9 Å². The highest BCUT2D eigenvalue weighted by Crippen LogP contribution is 2.26. The van der Waals surface area contributed by atoms with Gasteiger partial charge in [0.25, 0.3) is 5.91 Å². The molecule has 0 bridgehead atoms. The average molecular weight is 408 g/mol. The highest BCUT2D eigenvalue weighted by Gasteiger charge is 2.24. The Bertz CT molecular complexity index is 675. The smallest absolute Gasteiger partial charge is 0.320 e. The van der Waals surface area contributed by atoms with Crippen LogP contribution < -0.4 is 16.0 Å². The minimum atomic E-state index is -0.251. The average Bonchev–Trinajstić information content (AvgIpc) is 2.70. The number of hydrogen-bond donors (Lipinski definition) is 3. The Labute approximate surface area is 172 Å². The van der Waals surface area contributed by atoms with E-state index in [0.29, 0.717) is 37.4 Å². The molecule has 0 atom stereocenters. The zero-order valence-corrected chi connectivity index (χ0v) is 18.2. The van der Waals surface area contributed by atoms with E-state index in [4.69, 9.17) is 0 Å². The Kier molecular flexibility index (Phi) is 9.05. The Morgan fingerprint density at radius 3 is 2.64 bits per heavy atom. The molecule has 2 heterocycles. The van der Waals surface area contributed by atoms with Crippen LogP contribution in [0.1, 0.15) is 54.7 Å². The van der Waals surface area contributed by atoms with Gasteiger partial charge in [0.2, 0.25) is 0 Å². The SMILES string of the molecule is CCc1nc(NC(=O)NCCCSC)c(C(C)C)cc1C(=O)N1CCNCC1. The first-order valence-corrected chi connectivity index (χ1v) is 11.4. The van der Waals surface area contributed by atoms with Crippen LogP contribution in [0, 0.1) is 0 Å². The molecule has 1 aromatic rings. The zero-order chi connectivity index (χ0) is 20.5. The number of piperazine rings is 1. The number of pyridine rings is 1. The number of urea groups is 1. The van der Waals surface area contributed by atoms with Crippen molar-refractivity contribution in [3.05, 3.63) is 22.9 Å². The standard InChI is InChI=1S/C20H33N5O2S/c1-5-17-16(19(26)25-10-8-21-9-11-25)13-15(14(2)3)18(23-17)24-20(27)22-7-6-12-28-4/h13-14,21H,5-12H2,1-4H3,(H2,22,23,24,27). The van der Waals surface area contributed by atoms with Crippen molar-refractivity contribution < 1.29 is 9.59 Å². The second kappa shape index (κ2) is 11.3. The van der Waals surface area contributed by atoms with Crippen molar-refractivity contribution >= 4 is 29.5 Å². The summed E-state index contributed by atoms with van der Waals surface area (Å²) in [6.07, 6.45) is 3.61. The quantitative estimate of drug-likeness (QED) is 0.577. The number of carbonyl (C=O) groups is 2. The first-order chi connectivity index (χ1) is 13.5. The Morgan fingerprint density at radius 1 is 1.32 bits per heavy atom. The van der Waals surface area contributed by atoms with Crippen molar-refractivity contribution in [2.24, 2.45) is 0 Å². The second-order valence-electron chi connectivity index (χ2n) is 7.20. The molecular weight excluding hydrogens is 374 g/mol. The van der Waals surface area contributed by atoms with Crippen LogP contribution in [0.15, 0.2) is 6.07 Å². The Balaban J connectivity index is 2.21. The van der Waals surface area contributed by atoms with E-state index in [9.17, 15) is 9.59 Å². The second-order valence-corrected chi connectivity index (χ2v) is 8.18. The lowest BCUT2D eigenvalue weighted by atomic mass is 9.99. The highest BCUT2D eigenvalue weighted by molar-refractivity contribution is 7.98. The van der Waals surface area contributed by atoms with Crippen LogP contribution >= 0.6 is 11.8 Å². The van der Waals surface area contributed by atoms with Crippen LogP contribution in [-0.2, 0) is 6.42 Å². The number of aromatic nitrogens is 1. The van der Waals surface area contributed by atoms with Crippen LogP contribution in [0.4, 0.5) is 10.6 Å². The van der Waals surface area contributed by atoms with Gasteiger partial charge in [-0.1, -0.05) is 20.8 Å². The first-order valence-electron chi connectivity index (χ1n) is 10.1. The van der Waals surface area contributed by atoms with Gasteiger partial charge in [0.05, 0.1) is 11.3 Å². The maximum absolute atomic E-state index is 13.0. The maximum Gasteiger partial charge on any atom is 0.320 e. The van der Waals surface area contributed by atoms with Crippen molar-refractivity contribution in [3.8, 4) is 0 Å². The van der Waals surface area contributed by atoms with Gasteiger partial charge in [-0.2, -0.15) is 11.8 Å². The summed E-state index contributed by atoms with van der Waals surface area (Å²) < 4.78 is 0. The van der Waals surface area contributed by atoms with Crippen molar-refractivity contribution in [1.29, 1.82) is 0 Å². The molecule has 3 N–H and O–H groups in total. The van der Waals surface area contributed by atoms with Crippen LogP contribution in [0.2, 0.25) is 0 Å². The molecule has 0 radical (unpaired) electrons.